The van der Waals surface area contributed by atoms with Gasteiger partial charge < -0.3 is 9.30 Å². The Morgan fingerprint density at radius 2 is 2.17 bits per heavy atom. The number of nitrogens with zero attached hydrogens (tertiary/aromatic N) is 6. The van der Waals surface area contributed by atoms with Crippen molar-refractivity contribution in [2.24, 2.45) is 4.99 Å². The maximum atomic E-state index is 13.2. The van der Waals surface area contributed by atoms with E-state index in [1.807, 2.05) is 6.07 Å². The molecule has 0 aromatic carbocycles. The van der Waals surface area contributed by atoms with Crippen molar-refractivity contribution in [1.29, 1.82) is 5.26 Å². The first-order valence-corrected chi connectivity index (χ1v) is 10.5. The van der Waals surface area contributed by atoms with Crippen molar-refractivity contribution in [2.75, 3.05) is 13.7 Å². The highest BCUT2D eigenvalue weighted by Gasteiger charge is 2.18. The van der Waals surface area contributed by atoms with Gasteiger partial charge >= 0.3 is 0 Å². The van der Waals surface area contributed by atoms with Crippen LogP contribution < -0.4 is 11.0 Å². The second kappa shape index (κ2) is 11.0. The number of fused-ring (bicyclic) bond motifs is 2. The number of nitriles is 1. The molecule has 35 heavy (non-hydrogen) atoms. The van der Waals surface area contributed by atoms with Gasteiger partial charge in [0, 0.05) is 25.9 Å². The van der Waals surface area contributed by atoms with Gasteiger partial charge in [-0.05, 0) is 24.6 Å². The molecule has 0 bridgehead atoms. The van der Waals surface area contributed by atoms with Crippen LogP contribution >= 0.6 is 0 Å². The van der Waals surface area contributed by atoms with E-state index in [2.05, 4.69) is 16.6 Å². The van der Waals surface area contributed by atoms with Gasteiger partial charge in [0.25, 0.3) is 17.2 Å². The second-order valence-electron chi connectivity index (χ2n) is 7.39. The largest absolute Gasteiger partial charge is 0.383 e. The molecule has 0 aliphatic rings. The molecule has 0 spiro atoms. The zero-order chi connectivity index (χ0) is 25.5. The summed E-state index contributed by atoms with van der Waals surface area (Å²) >= 11 is 0. The number of hydrogen-bond donors (Lipinski definition) is 0. The van der Waals surface area contributed by atoms with Crippen molar-refractivity contribution in [2.45, 2.75) is 19.9 Å². The number of rotatable bonds is 8. The van der Waals surface area contributed by atoms with Crippen molar-refractivity contribution in [1.82, 2.24) is 14.0 Å². The SMILES string of the molecule is C=C/C=C/C=C(/CC(=O)N=c1c(C#N)cc2c(=O)n3cccc(C)c3nc2n1CCOC)[N+](=O)[O-]. The fourth-order valence-corrected chi connectivity index (χ4v) is 3.43. The maximum absolute atomic E-state index is 13.2. The zero-order valence-electron chi connectivity index (χ0n) is 19.2. The van der Waals surface area contributed by atoms with E-state index in [1.165, 1.54) is 46.4 Å². The number of aromatic nitrogens is 3. The Balaban J connectivity index is 2.31. The molecule has 1 amide bonds. The van der Waals surface area contributed by atoms with Gasteiger partial charge in [0.15, 0.2) is 5.49 Å². The number of allylic oxidation sites excluding steroid dienone is 4. The minimum Gasteiger partial charge on any atom is -0.383 e. The lowest BCUT2D eigenvalue weighted by Gasteiger charge is -2.13. The zero-order valence-corrected chi connectivity index (χ0v) is 19.2. The summed E-state index contributed by atoms with van der Waals surface area (Å²) in [6.45, 7) is 5.59. The molecule has 0 saturated carbocycles. The number of carbonyl (C=O) groups is 1. The fraction of sp³-hybridized carbons (Fsp3) is 0.208. The van der Waals surface area contributed by atoms with Gasteiger partial charge in [0.05, 0.1) is 22.5 Å². The van der Waals surface area contributed by atoms with Crippen LogP contribution in [0.4, 0.5) is 0 Å². The molecular formula is C24H22N6O5. The van der Waals surface area contributed by atoms with E-state index in [-0.39, 0.29) is 46.5 Å². The van der Waals surface area contributed by atoms with Crippen molar-refractivity contribution < 1.29 is 14.5 Å². The van der Waals surface area contributed by atoms with Gasteiger partial charge in [-0.1, -0.05) is 30.9 Å². The summed E-state index contributed by atoms with van der Waals surface area (Å²) in [5, 5.41) is 21.3. The quantitative estimate of drug-likeness (QED) is 0.211. The molecule has 3 heterocycles. The monoisotopic (exact) mass is 474 g/mol. The Morgan fingerprint density at radius 3 is 2.83 bits per heavy atom. The third-order valence-electron chi connectivity index (χ3n) is 5.08. The average molecular weight is 474 g/mol. The Labute approximate surface area is 199 Å². The number of aryl methyl sites for hydroxylation is 1. The topological polar surface area (TPSA) is 145 Å². The Morgan fingerprint density at radius 1 is 1.40 bits per heavy atom. The van der Waals surface area contributed by atoms with Crippen LogP contribution in [0.3, 0.4) is 0 Å². The van der Waals surface area contributed by atoms with Crippen LogP contribution in [-0.4, -0.2) is 38.5 Å². The highest BCUT2D eigenvalue weighted by molar-refractivity contribution is 5.81. The third kappa shape index (κ3) is 5.29. The molecule has 11 nitrogen and oxygen atoms in total. The molecule has 0 aliphatic heterocycles. The molecular weight excluding hydrogens is 452 g/mol. The van der Waals surface area contributed by atoms with Crippen LogP contribution in [0.2, 0.25) is 0 Å². The normalized spacial score (nSPS) is 12.4. The molecule has 0 aliphatic carbocycles. The molecule has 0 fully saturated rings. The first kappa shape index (κ1) is 24.9. The summed E-state index contributed by atoms with van der Waals surface area (Å²) in [5.41, 5.74) is 0.496. The number of methoxy groups -OCH3 is 1. The predicted octanol–water partition coefficient (Wildman–Crippen LogP) is 2.20. The Hall–Kier alpha value is -4.69. The van der Waals surface area contributed by atoms with Crippen molar-refractivity contribution in [3.8, 4) is 6.07 Å². The molecule has 3 aromatic heterocycles. The third-order valence-corrected chi connectivity index (χ3v) is 5.08. The maximum Gasteiger partial charge on any atom is 0.267 e. The van der Waals surface area contributed by atoms with E-state index in [0.29, 0.717) is 5.65 Å². The summed E-state index contributed by atoms with van der Waals surface area (Å²) in [6.07, 6.45) is 6.47. The van der Waals surface area contributed by atoms with Crippen LogP contribution in [-0.2, 0) is 16.1 Å². The van der Waals surface area contributed by atoms with E-state index in [0.717, 1.165) is 5.56 Å². The van der Waals surface area contributed by atoms with Gasteiger partial charge in [-0.3, -0.25) is 24.1 Å². The number of nitro groups is 1. The van der Waals surface area contributed by atoms with E-state index in [9.17, 15) is 25.0 Å². The van der Waals surface area contributed by atoms with E-state index in [4.69, 9.17) is 4.74 Å². The highest BCUT2D eigenvalue weighted by atomic mass is 16.6. The standard InChI is InChI=1S/C24H22N6O5/c1-4-5-6-9-18(30(33)34)14-20(31)26-22-17(15-25)13-19-23(28(22)11-12-35-3)27-21-16(2)8-7-10-29(21)24(19)32/h4-10,13H,1,11-12,14H2,2-3H3/b6-5+,18-9-,26-22?. The average Bonchev–Trinajstić information content (AvgIpc) is 2.83. The first-order chi connectivity index (χ1) is 16.8. The van der Waals surface area contributed by atoms with E-state index >= 15 is 0 Å². The molecule has 11 heteroatoms. The first-order valence-electron chi connectivity index (χ1n) is 10.5. The summed E-state index contributed by atoms with van der Waals surface area (Å²) in [7, 11) is 1.48. The lowest BCUT2D eigenvalue weighted by molar-refractivity contribution is -0.426. The fourth-order valence-electron chi connectivity index (χ4n) is 3.43. The summed E-state index contributed by atoms with van der Waals surface area (Å²) < 4.78 is 8.00. The second-order valence-corrected chi connectivity index (χ2v) is 7.39. The number of ether oxygens (including phenoxy) is 1. The molecule has 0 saturated heterocycles. The molecule has 0 N–H and O–H groups in total. The van der Waals surface area contributed by atoms with Gasteiger partial charge in [0.1, 0.15) is 23.8 Å². The number of hydrogen-bond acceptors (Lipinski definition) is 7. The molecule has 3 aromatic rings. The van der Waals surface area contributed by atoms with Crippen LogP contribution in [0.25, 0.3) is 16.7 Å². The van der Waals surface area contributed by atoms with Gasteiger partial charge in [-0.15, -0.1) is 0 Å². The predicted molar refractivity (Wildman–Crippen MR) is 128 cm³/mol. The van der Waals surface area contributed by atoms with Gasteiger partial charge in [-0.2, -0.15) is 10.3 Å². The number of amides is 1. The highest BCUT2D eigenvalue weighted by Crippen LogP contribution is 2.13. The molecule has 0 radical (unpaired) electrons. The minimum absolute atomic E-state index is 0.0494. The van der Waals surface area contributed by atoms with Crippen LogP contribution in [0.5, 0.6) is 0 Å². The minimum atomic E-state index is -0.837. The summed E-state index contributed by atoms with van der Waals surface area (Å²) in [4.78, 5) is 45.2. The van der Waals surface area contributed by atoms with Crippen molar-refractivity contribution in [3.05, 3.63) is 98.1 Å². The smallest absolute Gasteiger partial charge is 0.267 e. The van der Waals surface area contributed by atoms with Crippen LogP contribution in [0.1, 0.15) is 17.5 Å². The van der Waals surface area contributed by atoms with Crippen LogP contribution in [0.15, 0.2) is 70.8 Å². The molecule has 0 unspecified atom stereocenters. The van der Waals surface area contributed by atoms with E-state index < -0.39 is 17.3 Å². The van der Waals surface area contributed by atoms with Crippen LogP contribution in [0, 0.1) is 28.4 Å². The Bertz CT molecular complexity index is 1570. The van der Waals surface area contributed by atoms with Gasteiger partial charge in [0.2, 0.25) is 0 Å². The van der Waals surface area contributed by atoms with E-state index in [1.54, 1.807) is 25.3 Å². The lowest BCUT2D eigenvalue weighted by atomic mass is 10.2. The molecule has 3 rings (SSSR count). The van der Waals surface area contributed by atoms with Gasteiger partial charge in [-0.25, -0.2) is 4.98 Å². The van der Waals surface area contributed by atoms with Crippen molar-refractivity contribution >= 4 is 22.6 Å². The summed E-state index contributed by atoms with van der Waals surface area (Å²) in [6, 6.07) is 6.81. The number of pyridine rings is 2. The van der Waals surface area contributed by atoms with Crippen molar-refractivity contribution in [3.63, 3.8) is 0 Å². The Kier molecular flexibility index (Phi) is 7.81. The summed E-state index contributed by atoms with van der Waals surface area (Å²) in [5.74, 6) is -0.837. The lowest BCUT2D eigenvalue weighted by Crippen LogP contribution is -2.31. The molecule has 0 atom stereocenters. The molecule has 178 valence electrons. The number of carbonyl (C=O) groups excluding carboxylic acids is 1.